The standard InChI is InChI=1S/C21H30N6O2/c1-15-11-18(26-21-22-7-4-8-23-21)12-19(24-15)17-5-9-27(10-6-17)13-20(28)25-16(2)14-29-3/h4,7-8,11-12,16-17H,5-6,9-10,13-14H2,1-3H3,(H,25,28)(H,22,23,24,26)/t16-/m0/s1. The molecule has 2 aromatic rings. The first-order valence-corrected chi connectivity index (χ1v) is 10.1. The first kappa shape index (κ1) is 21.1. The molecular weight excluding hydrogens is 368 g/mol. The van der Waals surface area contributed by atoms with Gasteiger partial charge in [-0.1, -0.05) is 0 Å². The summed E-state index contributed by atoms with van der Waals surface area (Å²) in [7, 11) is 1.64. The molecule has 8 nitrogen and oxygen atoms in total. The van der Waals surface area contributed by atoms with E-state index in [9.17, 15) is 4.79 Å². The minimum absolute atomic E-state index is 0.0287. The van der Waals surface area contributed by atoms with E-state index in [0.717, 1.165) is 43.0 Å². The number of carbonyl (C=O) groups is 1. The molecule has 0 saturated carbocycles. The van der Waals surface area contributed by atoms with Crippen LogP contribution >= 0.6 is 0 Å². The van der Waals surface area contributed by atoms with Gasteiger partial charge in [0.15, 0.2) is 0 Å². The van der Waals surface area contributed by atoms with Gasteiger partial charge in [0.2, 0.25) is 11.9 Å². The molecule has 0 aromatic carbocycles. The highest BCUT2D eigenvalue weighted by molar-refractivity contribution is 5.78. The summed E-state index contributed by atoms with van der Waals surface area (Å²) in [4.78, 5) is 27.6. The summed E-state index contributed by atoms with van der Waals surface area (Å²) in [5.41, 5.74) is 3.00. The largest absolute Gasteiger partial charge is 0.383 e. The van der Waals surface area contributed by atoms with Gasteiger partial charge >= 0.3 is 0 Å². The number of amides is 1. The maximum atomic E-state index is 12.2. The number of ether oxygens (including phenoxy) is 1. The van der Waals surface area contributed by atoms with Crippen LogP contribution < -0.4 is 10.6 Å². The van der Waals surface area contributed by atoms with Crippen molar-refractivity contribution >= 4 is 17.5 Å². The second-order valence-electron chi connectivity index (χ2n) is 7.59. The molecule has 1 aliphatic rings. The van der Waals surface area contributed by atoms with Crippen LogP contribution in [0.5, 0.6) is 0 Å². The summed E-state index contributed by atoms with van der Waals surface area (Å²) in [6.45, 7) is 6.68. The molecule has 0 spiro atoms. The van der Waals surface area contributed by atoms with Gasteiger partial charge in [0, 0.05) is 48.5 Å². The number of methoxy groups -OCH3 is 1. The second-order valence-corrected chi connectivity index (χ2v) is 7.59. The molecule has 156 valence electrons. The van der Waals surface area contributed by atoms with Crippen LogP contribution in [0.1, 0.15) is 37.1 Å². The van der Waals surface area contributed by atoms with Crippen molar-refractivity contribution < 1.29 is 9.53 Å². The van der Waals surface area contributed by atoms with Gasteiger partial charge in [-0.15, -0.1) is 0 Å². The molecule has 1 amide bonds. The lowest BCUT2D eigenvalue weighted by atomic mass is 9.92. The van der Waals surface area contributed by atoms with E-state index in [-0.39, 0.29) is 11.9 Å². The topological polar surface area (TPSA) is 92.3 Å². The Hall–Kier alpha value is -2.58. The van der Waals surface area contributed by atoms with Crippen molar-refractivity contribution in [1.82, 2.24) is 25.2 Å². The summed E-state index contributed by atoms with van der Waals surface area (Å²) in [6, 6.07) is 5.91. The molecule has 29 heavy (non-hydrogen) atoms. The number of nitrogens with zero attached hydrogens (tertiary/aromatic N) is 4. The summed E-state index contributed by atoms with van der Waals surface area (Å²) in [5.74, 6) is 1.02. The van der Waals surface area contributed by atoms with Crippen LogP contribution in [-0.2, 0) is 9.53 Å². The number of aryl methyl sites for hydroxylation is 1. The number of anilines is 2. The molecule has 8 heteroatoms. The van der Waals surface area contributed by atoms with Crippen LogP contribution in [0.4, 0.5) is 11.6 Å². The minimum Gasteiger partial charge on any atom is -0.383 e. The number of pyridine rings is 1. The minimum atomic E-state index is 0.0287. The monoisotopic (exact) mass is 398 g/mol. The van der Waals surface area contributed by atoms with Crippen molar-refractivity contribution in [2.24, 2.45) is 0 Å². The quantitative estimate of drug-likeness (QED) is 0.704. The molecule has 2 N–H and O–H groups in total. The molecule has 0 aliphatic carbocycles. The summed E-state index contributed by atoms with van der Waals surface area (Å²) in [5, 5.41) is 6.22. The van der Waals surface area contributed by atoms with E-state index in [1.807, 2.05) is 19.9 Å². The maximum absolute atomic E-state index is 12.2. The first-order chi connectivity index (χ1) is 14.0. The Labute approximate surface area is 172 Å². The average Bonchev–Trinajstić information content (AvgIpc) is 2.69. The Balaban J connectivity index is 1.54. The molecule has 3 rings (SSSR count). The number of hydrogen-bond donors (Lipinski definition) is 2. The highest BCUT2D eigenvalue weighted by Crippen LogP contribution is 2.29. The Bertz CT molecular complexity index is 793. The third-order valence-electron chi connectivity index (χ3n) is 4.99. The second kappa shape index (κ2) is 10.3. The SMILES string of the molecule is COC[C@H](C)NC(=O)CN1CCC(c2cc(Nc3ncccn3)cc(C)n2)CC1. The van der Waals surface area contributed by atoms with Crippen LogP contribution in [0, 0.1) is 6.92 Å². The lowest BCUT2D eigenvalue weighted by Crippen LogP contribution is -2.44. The highest BCUT2D eigenvalue weighted by Gasteiger charge is 2.23. The van der Waals surface area contributed by atoms with Gasteiger partial charge in [-0.25, -0.2) is 9.97 Å². The van der Waals surface area contributed by atoms with E-state index in [2.05, 4.69) is 31.6 Å². The normalized spacial score (nSPS) is 16.4. The fourth-order valence-corrected chi connectivity index (χ4v) is 3.67. The fraction of sp³-hybridized carbons (Fsp3) is 0.524. The van der Waals surface area contributed by atoms with Crippen molar-refractivity contribution in [2.45, 2.75) is 38.6 Å². The molecule has 3 heterocycles. The van der Waals surface area contributed by atoms with Crippen LogP contribution in [0.25, 0.3) is 0 Å². The molecule has 1 saturated heterocycles. The number of likely N-dealkylation sites (tertiary alicyclic amines) is 1. The van der Waals surface area contributed by atoms with E-state index in [1.165, 1.54) is 0 Å². The number of rotatable bonds is 8. The molecule has 1 fully saturated rings. The van der Waals surface area contributed by atoms with E-state index in [1.54, 1.807) is 25.6 Å². The smallest absolute Gasteiger partial charge is 0.234 e. The molecule has 1 atom stereocenters. The molecule has 2 aromatic heterocycles. The Morgan fingerprint density at radius 2 is 2.00 bits per heavy atom. The number of nitrogens with one attached hydrogen (secondary N) is 2. The van der Waals surface area contributed by atoms with Gasteiger partial charge in [-0.3, -0.25) is 14.7 Å². The van der Waals surface area contributed by atoms with E-state index in [4.69, 9.17) is 9.72 Å². The van der Waals surface area contributed by atoms with Crippen molar-refractivity contribution in [2.75, 3.05) is 38.7 Å². The summed E-state index contributed by atoms with van der Waals surface area (Å²) in [6.07, 6.45) is 5.40. The van der Waals surface area contributed by atoms with Crippen LogP contribution in [0.3, 0.4) is 0 Å². The lowest BCUT2D eigenvalue weighted by Gasteiger charge is -2.31. The zero-order valence-corrected chi connectivity index (χ0v) is 17.4. The molecular formula is C21H30N6O2. The molecule has 1 aliphatic heterocycles. The van der Waals surface area contributed by atoms with Crippen molar-refractivity contribution in [1.29, 1.82) is 0 Å². The summed E-state index contributed by atoms with van der Waals surface area (Å²) >= 11 is 0. The number of hydrogen-bond acceptors (Lipinski definition) is 7. The predicted molar refractivity (Wildman–Crippen MR) is 112 cm³/mol. The zero-order valence-electron chi connectivity index (χ0n) is 17.4. The van der Waals surface area contributed by atoms with E-state index < -0.39 is 0 Å². The lowest BCUT2D eigenvalue weighted by molar-refractivity contribution is -0.123. The Morgan fingerprint density at radius 3 is 2.69 bits per heavy atom. The molecule has 0 radical (unpaired) electrons. The van der Waals surface area contributed by atoms with Gasteiger partial charge in [0.1, 0.15) is 0 Å². The number of carbonyl (C=O) groups excluding carboxylic acids is 1. The number of aromatic nitrogens is 3. The Morgan fingerprint density at radius 1 is 1.28 bits per heavy atom. The van der Waals surface area contributed by atoms with Gasteiger partial charge in [0.05, 0.1) is 13.2 Å². The molecule has 0 unspecified atom stereocenters. The fourth-order valence-electron chi connectivity index (χ4n) is 3.67. The number of piperidine rings is 1. The third-order valence-corrected chi connectivity index (χ3v) is 4.99. The van der Waals surface area contributed by atoms with E-state index in [0.29, 0.717) is 25.0 Å². The maximum Gasteiger partial charge on any atom is 0.234 e. The van der Waals surface area contributed by atoms with Gasteiger partial charge in [-0.05, 0) is 58.0 Å². The van der Waals surface area contributed by atoms with Crippen LogP contribution in [-0.4, -0.2) is 65.2 Å². The molecule has 0 bridgehead atoms. The van der Waals surface area contributed by atoms with Crippen LogP contribution in [0.15, 0.2) is 30.6 Å². The zero-order chi connectivity index (χ0) is 20.6. The Kier molecular flexibility index (Phi) is 7.48. The predicted octanol–water partition coefficient (Wildman–Crippen LogP) is 2.25. The van der Waals surface area contributed by atoms with Crippen molar-refractivity contribution in [3.8, 4) is 0 Å². The highest BCUT2D eigenvalue weighted by atomic mass is 16.5. The van der Waals surface area contributed by atoms with Gasteiger partial charge < -0.3 is 15.4 Å². The van der Waals surface area contributed by atoms with Gasteiger partial charge in [-0.2, -0.15) is 0 Å². The summed E-state index contributed by atoms with van der Waals surface area (Å²) < 4.78 is 5.07. The van der Waals surface area contributed by atoms with Crippen molar-refractivity contribution in [3.05, 3.63) is 42.0 Å². The van der Waals surface area contributed by atoms with Crippen LogP contribution in [0.2, 0.25) is 0 Å². The van der Waals surface area contributed by atoms with Gasteiger partial charge in [0.25, 0.3) is 0 Å². The van der Waals surface area contributed by atoms with E-state index >= 15 is 0 Å². The first-order valence-electron chi connectivity index (χ1n) is 10.1. The average molecular weight is 399 g/mol. The third kappa shape index (κ3) is 6.47. The van der Waals surface area contributed by atoms with Crippen molar-refractivity contribution in [3.63, 3.8) is 0 Å².